The van der Waals surface area contributed by atoms with Crippen molar-refractivity contribution in [2.24, 2.45) is 5.73 Å². The van der Waals surface area contributed by atoms with Crippen LogP contribution in [-0.2, 0) is 6.42 Å². The molecule has 0 radical (unpaired) electrons. The molecule has 0 saturated heterocycles. The van der Waals surface area contributed by atoms with Crippen molar-refractivity contribution in [2.75, 3.05) is 11.9 Å². The largest absolute Gasteiger partial charge is 0.372 e. The molecule has 0 saturated carbocycles. The van der Waals surface area contributed by atoms with E-state index in [4.69, 9.17) is 5.73 Å². The second-order valence-electron chi connectivity index (χ2n) is 5.02. The second kappa shape index (κ2) is 7.15. The van der Waals surface area contributed by atoms with Gasteiger partial charge in [-0.2, -0.15) is 0 Å². The van der Waals surface area contributed by atoms with Crippen LogP contribution in [0.1, 0.15) is 39.2 Å². The van der Waals surface area contributed by atoms with E-state index in [0.717, 1.165) is 19.3 Å². The summed E-state index contributed by atoms with van der Waals surface area (Å²) in [5.74, 6) is 0. The van der Waals surface area contributed by atoms with Crippen molar-refractivity contribution in [3.63, 3.8) is 0 Å². The first-order chi connectivity index (χ1) is 8.49. The zero-order chi connectivity index (χ0) is 13.7. The SMILES string of the molecule is CCC(N)Cc1ccc(N(C)C(C)CC)cc1Br. The third kappa shape index (κ3) is 3.99. The summed E-state index contributed by atoms with van der Waals surface area (Å²) < 4.78 is 1.17. The molecule has 18 heavy (non-hydrogen) atoms. The Bertz CT molecular complexity index is 379. The van der Waals surface area contributed by atoms with Crippen LogP contribution < -0.4 is 10.6 Å². The molecular weight excluding hydrogens is 288 g/mol. The summed E-state index contributed by atoms with van der Waals surface area (Å²) in [5.41, 5.74) is 8.56. The average molecular weight is 313 g/mol. The van der Waals surface area contributed by atoms with Gasteiger partial charge in [0.2, 0.25) is 0 Å². The Balaban J connectivity index is 2.85. The molecule has 3 heteroatoms. The fourth-order valence-corrected chi connectivity index (χ4v) is 2.40. The van der Waals surface area contributed by atoms with Gasteiger partial charge in [0.15, 0.2) is 0 Å². The minimum absolute atomic E-state index is 0.249. The Morgan fingerprint density at radius 2 is 1.94 bits per heavy atom. The number of hydrogen-bond donors (Lipinski definition) is 1. The lowest BCUT2D eigenvalue weighted by molar-refractivity contribution is 0.644. The summed E-state index contributed by atoms with van der Waals surface area (Å²) in [6.07, 6.45) is 3.10. The molecule has 0 bridgehead atoms. The van der Waals surface area contributed by atoms with E-state index in [1.54, 1.807) is 0 Å². The standard InChI is InChI=1S/C15H25BrN2/c1-5-11(3)18(4)14-8-7-12(15(16)10-14)9-13(17)6-2/h7-8,10-11,13H,5-6,9,17H2,1-4H3. The Morgan fingerprint density at radius 3 is 2.44 bits per heavy atom. The highest BCUT2D eigenvalue weighted by atomic mass is 79.9. The lowest BCUT2D eigenvalue weighted by Gasteiger charge is -2.26. The van der Waals surface area contributed by atoms with E-state index in [9.17, 15) is 0 Å². The van der Waals surface area contributed by atoms with Crippen LogP contribution in [0.4, 0.5) is 5.69 Å². The Morgan fingerprint density at radius 1 is 1.28 bits per heavy atom. The van der Waals surface area contributed by atoms with Crippen LogP contribution in [0.15, 0.2) is 22.7 Å². The predicted molar refractivity (Wildman–Crippen MR) is 84.3 cm³/mol. The fourth-order valence-electron chi connectivity index (χ4n) is 1.88. The summed E-state index contributed by atoms with van der Waals surface area (Å²) in [6, 6.07) is 7.38. The number of nitrogens with zero attached hydrogens (tertiary/aromatic N) is 1. The molecule has 0 heterocycles. The highest BCUT2D eigenvalue weighted by Gasteiger charge is 2.11. The molecule has 0 amide bonds. The van der Waals surface area contributed by atoms with Crippen LogP contribution >= 0.6 is 15.9 Å². The molecule has 1 rings (SSSR count). The van der Waals surface area contributed by atoms with Crippen LogP contribution in [0, 0.1) is 0 Å². The molecule has 2 unspecified atom stereocenters. The monoisotopic (exact) mass is 312 g/mol. The second-order valence-corrected chi connectivity index (χ2v) is 5.87. The van der Waals surface area contributed by atoms with E-state index in [1.807, 2.05) is 0 Å². The first kappa shape index (κ1) is 15.5. The lowest BCUT2D eigenvalue weighted by Crippen LogP contribution is -2.28. The maximum Gasteiger partial charge on any atom is 0.0377 e. The Hall–Kier alpha value is -0.540. The normalized spacial score (nSPS) is 14.3. The molecular formula is C15H25BrN2. The minimum atomic E-state index is 0.249. The third-order valence-corrected chi connectivity index (χ3v) is 4.44. The van der Waals surface area contributed by atoms with Gasteiger partial charge in [-0.25, -0.2) is 0 Å². The molecule has 2 nitrogen and oxygen atoms in total. The zero-order valence-corrected chi connectivity index (χ0v) is 13.5. The molecule has 2 N–H and O–H groups in total. The molecule has 1 aromatic rings. The molecule has 0 aromatic heterocycles. The summed E-state index contributed by atoms with van der Waals surface area (Å²) >= 11 is 3.66. The maximum absolute atomic E-state index is 6.01. The van der Waals surface area contributed by atoms with Gasteiger partial charge in [-0.3, -0.25) is 0 Å². The first-order valence-corrected chi connectivity index (χ1v) is 7.55. The molecule has 0 spiro atoms. The molecule has 1 aromatic carbocycles. The van der Waals surface area contributed by atoms with E-state index in [0.29, 0.717) is 6.04 Å². The minimum Gasteiger partial charge on any atom is -0.372 e. The molecule has 0 aliphatic rings. The van der Waals surface area contributed by atoms with Crippen LogP contribution in [0.25, 0.3) is 0 Å². The average Bonchev–Trinajstić information content (AvgIpc) is 2.38. The zero-order valence-electron chi connectivity index (χ0n) is 11.9. The van der Waals surface area contributed by atoms with Gasteiger partial charge >= 0.3 is 0 Å². The third-order valence-electron chi connectivity index (χ3n) is 3.70. The van der Waals surface area contributed by atoms with Crippen LogP contribution in [0.2, 0.25) is 0 Å². The van der Waals surface area contributed by atoms with Gasteiger partial charge in [0.05, 0.1) is 0 Å². The van der Waals surface area contributed by atoms with E-state index >= 15 is 0 Å². The van der Waals surface area contributed by atoms with Crippen molar-refractivity contribution in [3.05, 3.63) is 28.2 Å². The van der Waals surface area contributed by atoms with Crippen LogP contribution in [0.5, 0.6) is 0 Å². The number of rotatable bonds is 6. The van der Waals surface area contributed by atoms with Crippen molar-refractivity contribution >= 4 is 21.6 Å². The van der Waals surface area contributed by atoms with Gasteiger partial charge in [-0.1, -0.05) is 35.8 Å². The first-order valence-electron chi connectivity index (χ1n) is 6.76. The van der Waals surface area contributed by atoms with Gasteiger partial charge in [-0.05, 0) is 43.9 Å². The fraction of sp³-hybridized carbons (Fsp3) is 0.600. The smallest absolute Gasteiger partial charge is 0.0377 e. The van der Waals surface area contributed by atoms with E-state index in [-0.39, 0.29) is 6.04 Å². The summed E-state index contributed by atoms with van der Waals surface area (Å²) in [5, 5.41) is 0. The van der Waals surface area contributed by atoms with Crippen molar-refractivity contribution < 1.29 is 0 Å². The molecule has 102 valence electrons. The van der Waals surface area contributed by atoms with Gasteiger partial charge < -0.3 is 10.6 Å². The van der Waals surface area contributed by atoms with Crippen molar-refractivity contribution in [3.8, 4) is 0 Å². The van der Waals surface area contributed by atoms with E-state index in [2.05, 4.69) is 66.8 Å². The Labute approximate surface area is 120 Å². The lowest BCUT2D eigenvalue weighted by atomic mass is 10.0. The van der Waals surface area contributed by atoms with Crippen molar-refractivity contribution in [2.45, 2.75) is 52.1 Å². The van der Waals surface area contributed by atoms with E-state index in [1.165, 1.54) is 15.7 Å². The van der Waals surface area contributed by atoms with Crippen LogP contribution in [-0.4, -0.2) is 19.1 Å². The molecule has 0 aliphatic heterocycles. The number of nitrogens with two attached hydrogens (primary N) is 1. The highest BCUT2D eigenvalue weighted by Crippen LogP contribution is 2.26. The summed E-state index contributed by atoms with van der Waals surface area (Å²) in [6.45, 7) is 6.59. The van der Waals surface area contributed by atoms with Crippen LogP contribution in [0.3, 0.4) is 0 Å². The van der Waals surface area contributed by atoms with Gasteiger partial charge in [0, 0.05) is 29.3 Å². The quantitative estimate of drug-likeness (QED) is 0.861. The van der Waals surface area contributed by atoms with Gasteiger partial charge in [0.25, 0.3) is 0 Å². The summed E-state index contributed by atoms with van der Waals surface area (Å²) in [7, 11) is 2.15. The summed E-state index contributed by atoms with van der Waals surface area (Å²) in [4.78, 5) is 2.31. The molecule has 0 fully saturated rings. The van der Waals surface area contributed by atoms with Crippen molar-refractivity contribution in [1.82, 2.24) is 0 Å². The van der Waals surface area contributed by atoms with Gasteiger partial charge in [-0.15, -0.1) is 0 Å². The van der Waals surface area contributed by atoms with Gasteiger partial charge in [0.1, 0.15) is 0 Å². The van der Waals surface area contributed by atoms with Crippen molar-refractivity contribution in [1.29, 1.82) is 0 Å². The number of hydrogen-bond acceptors (Lipinski definition) is 2. The number of halogens is 1. The molecule has 0 aliphatic carbocycles. The Kier molecular flexibility index (Phi) is 6.16. The topological polar surface area (TPSA) is 29.3 Å². The van der Waals surface area contributed by atoms with E-state index < -0.39 is 0 Å². The number of anilines is 1. The highest BCUT2D eigenvalue weighted by molar-refractivity contribution is 9.10. The number of benzene rings is 1. The molecule has 2 atom stereocenters. The maximum atomic E-state index is 6.01. The predicted octanol–water partition coefficient (Wildman–Crippen LogP) is 3.96.